The smallest absolute Gasteiger partial charge is 0.416 e. The van der Waals surface area contributed by atoms with E-state index in [2.05, 4.69) is 9.47 Å². The summed E-state index contributed by atoms with van der Waals surface area (Å²) in [7, 11) is 1.75. The predicted octanol–water partition coefficient (Wildman–Crippen LogP) is 2.51. The fraction of sp³-hybridized carbons (Fsp3) is 0.444. The number of esters is 2. The second kappa shape index (κ2) is 9.87. The molecule has 2 N–H and O–H groups in total. The molecule has 0 aromatic heterocycles. The van der Waals surface area contributed by atoms with Crippen LogP contribution in [0.5, 0.6) is 0 Å². The van der Waals surface area contributed by atoms with E-state index in [-0.39, 0.29) is 18.2 Å². The van der Waals surface area contributed by atoms with Crippen molar-refractivity contribution in [2.75, 3.05) is 14.2 Å². The van der Waals surface area contributed by atoms with Crippen LogP contribution in [0.1, 0.15) is 28.4 Å². The topological polar surface area (TPSA) is 119 Å². The third-order valence-corrected chi connectivity index (χ3v) is 4.36. The summed E-state index contributed by atoms with van der Waals surface area (Å²) in [6, 6.07) is -2.09. The van der Waals surface area contributed by atoms with Crippen molar-refractivity contribution in [1.82, 2.24) is 5.32 Å². The highest BCUT2D eigenvalue weighted by Gasteiger charge is 2.43. The Labute approximate surface area is 176 Å². The standard InChI is InChI=1S/C18H17F6NO7/c1-7(11(15(29)31-2)16(30)32-3)12(14(27)28)25-13(26)8-4-9(17(19,20)21)6-10(5-8)18(22,23)24/h4-7,11-12H,1-3H3,(H,25,26)(H,27,28)/t7-,12+/m1/s1. The minimum Gasteiger partial charge on any atom is -0.480 e. The Morgan fingerprint density at radius 1 is 0.875 bits per heavy atom. The van der Waals surface area contributed by atoms with Crippen molar-refractivity contribution in [2.24, 2.45) is 11.8 Å². The van der Waals surface area contributed by atoms with E-state index in [0.29, 0.717) is 0 Å². The van der Waals surface area contributed by atoms with Crippen LogP contribution in [0.25, 0.3) is 0 Å². The van der Waals surface area contributed by atoms with Crippen molar-refractivity contribution in [3.63, 3.8) is 0 Å². The Morgan fingerprint density at radius 2 is 1.28 bits per heavy atom. The molecule has 1 rings (SSSR count). The quantitative estimate of drug-likeness (QED) is 0.355. The highest BCUT2D eigenvalue weighted by Crippen LogP contribution is 2.36. The van der Waals surface area contributed by atoms with Gasteiger partial charge in [0.15, 0.2) is 5.92 Å². The summed E-state index contributed by atoms with van der Waals surface area (Å²) in [4.78, 5) is 47.7. The van der Waals surface area contributed by atoms with Crippen molar-refractivity contribution in [2.45, 2.75) is 25.3 Å². The Hall–Kier alpha value is -3.32. The van der Waals surface area contributed by atoms with E-state index >= 15 is 0 Å². The van der Waals surface area contributed by atoms with Gasteiger partial charge in [-0.25, -0.2) is 4.79 Å². The number of carbonyl (C=O) groups excluding carboxylic acids is 3. The maximum Gasteiger partial charge on any atom is 0.416 e. The number of amides is 1. The summed E-state index contributed by atoms with van der Waals surface area (Å²) >= 11 is 0. The predicted molar refractivity (Wildman–Crippen MR) is 92.0 cm³/mol. The van der Waals surface area contributed by atoms with Crippen molar-refractivity contribution in [3.05, 3.63) is 34.9 Å². The lowest BCUT2D eigenvalue weighted by Crippen LogP contribution is -2.50. The molecule has 8 nitrogen and oxygen atoms in total. The summed E-state index contributed by atoms with van der Waals surface area (Å²) < 4.78 is 86.7. The van der Waals surface area contributed by atoms with Crippen LogP contribution in [0.4, 0.5) is 26.3 Å². The van der Waals surface area contributed by atoms with Crippen LogP contribution in [-0.4, -0.2) is 49.2 Å². The molecule has 0 unspecified atom stereocenters. The van der Waals surface area contributed by atoms with E-state index in [1.807, 2.05) is 0 Å². The number of hydrogen-bond donors (Lipinski definition) is 2. The summed E-state index contributed by atoms with van der Waals surface area (Å²) in [5, 5.41) is 11.1. The van der Waals surface area contributed by atoms with Crippen LogP contribution in [0, 0.1) is 11.8 Å². The van der Waals surface area contributed by atoms with Crippen LogP contribution in [0.3, 0.4) is 0 Å². The molecule has 32 heavy (non-hydrogen) atoms. The van der Waals surface area contributed by atoms with Gasteiger partial charge in [-0.1, -0.05) is 6.92 Å². The molecule has 2 atom stereocenters. The lowest BCUT2D eigenvalue weighted by atomic mass is 9.87. The number of methoxy groups -OCH3 is 2. The molecule has 0 spiro atoms. The first-order valence-electron chi connectivity index (χ1n) is 8.53. The maximum absolute atomic E-state index is 13.0. The summed E-state index contributed by atoms with van der Waals surface area (Å²) in [6.45, 7) is 1.02. The van der Waals surface area contributed by atoms with E-state index in [1.54, 1.807) is 5.32 Å². The monoisotopic (exact) mass is 473 g/mol. The molecule has 0 fully saturated rings. The van der Waals surface area contributed by atoms with Gasteiger partial charge < -0.3 is 19.9 Å². The number of alkyl halides is 6. The zero-order valence-corrected chi connectivity index (χ0v) is 16.6. The fourth-order valence-corrected chi connectivity index (χ4v) is 2.70. The second-order valence-electron chi connectivity index (χ2n) is 6.47. The molecule has 0 aliphatic carbocycles. The molecule has 0 bridgehead atoms. The molecule has 14 heteroatoms. The van der Waals surface area contributed by atoms with E-state index in [9.17, 15) is 50.6 Å². The van der Waals surface area contributed by atoms with Crippen molar-refractivity contribution in [1.29, 1.82) is 0 Å². The van der Waals surface area contributed by atoms with Gasteiger partial charge >= 0.3 is 30.3 Å². The van der Waals surface area contributed by atoms with Gasteiger partial charge in [0.05, 0.1) is 25.3 Å². The van der Waals surface area contributed by atoms with Crippen LogP contribution in [-0.2, 0) is 36.2 Å². The third kappa shape index (κ3) is 6.34. The lowest BCUT2D eigenvalue weighted by molar-refractivity contribution is -0.162. The Morgan fingerprint density at radius 3 is 1.59 bits per heavy atom. The van der Waals surface area contributed by atoms with Crippen LogP contribution in [0.15, 0.2) is 18.2 Å². The molecule has 178 valence electrons. The summed E-state index contributed by atoms with van der Waals surface area (Å²) in [6.07, 6.45) is -10.5. The van der Waals surface area contributed by atoms with E-state index < -0.39 is 70.7 Å². The molecule has 1 aromatic carbocycles. The lowest BCUT2D eigenvalue weighted by Gasteiger charge is -2.26. The number of halogens is 6. The number of rotatable bonds is 7. The number of aliphatic carboxylic acids is 1. The number of hydrogen-bond acceptors (Lipinski definition) is 6. The van der Waals surface area contributed by atoms with Gasteiger partial charge in [-0.05, 0) is 18.2 Å². The van der Waals surface area contributed by atoms with Gasteiger partial charge in [0.25, 0.3) is 5.91 Å². The van der Waals surface area contributed by atoms with Gasteiger partial charge in [-0.3, -0.25) is 14.4 Å². The number of carboxylic acid groups (broad SMARTS) is 1. The summed E-state index contributed by atoms with van der Waals surface area (Å²) in [5.74, 6) is -9.34. The van der Waals surface area contributed by atoms with Crippen molar-refractivity contribution in [3.8, 4) is 0 Å². The first-order chi connectivity index (χ1) is 14.5. The van der Waals surface area contributed by atoms with Gasteiger partial charge in [-0.2, -0.15) is 26.3 Å². The van der Waals surface area contributed by atoms with Crippen LogP contribution >= 0.6 is 0 Å². The normalized spacial score (nSPS) is 13.8. The highest BCUT2D eigenvalue weighted by molar-refractivity contribution is 5.99. The van der Waals surface area contributed by atoms with Crippen molar-refractivity contribution >= 4 is 23.8 Å². The third-order valence-electron chi connectivity index (χ3n) is 4.36. The molecule has 0 radical (unpaired) electrons. The zero-order valence-electron chi connectivity index (χ0n) is 16.6. The van der Waals surface area contributed by atoms with Gasteiger partial charge in [0.2, 0.25) is 0 Å². The average molecular weight is 473 g/mol. The molecular weight excluding hydrogens is 456 g/mol. The Kier molecular flexibility index (Phi) is 8.24. The highest BCUT2D eigenvalue weighted by atomic mass is 19.4. The number of nitrogens with one attached hydrogen (secondary N) is 1. The van der Waals surface area contributed by atoms with Crippen LogP contribution in [0.2, 0.25) is 0 Å². The maximum atomic E-state index is 13.0. The largest absolute Gasteiger partial charge is 0.480 e. The van der Waals surface area contributed by atoms with Gasteiger partial charge in [-0.15, -0.1) is 0 Å². The van der Waals surface area contributed by atoms with Gasteiger partial charge in [0, 0.05) is 11.5 Å². The molecule has 0 aliphatic rings. The average Bonchev–Trinajstić information content (AvgIpc) is 2.69. The van der Waals surface area contributed by atoms with E-state index in [4.69, 9.17) is 0 Å². The van der Waals surface area contributed by atoms with Gasteiger partial charge in [0.1, 0.15) is 6.04 Å². The molecular formula is C18H17F6NO7. The van der Waals surface area contributed by atoms with Crippen molar-refractivity contribution < 1.29 is 60.1 Å². The first kappa shape index (κ1) is 26.7. The minimum atomic E-state index is -5.24. The molecule has 0 heterocycles. The number of carbonyl (C=O) groups is 4. The zero-order chi connectivity index (χ0) is 25.0. The minimum absolute atomic E-state index is 0.103. The molecule has 0 saturated heterocycles. The Bertz CT molecular complexity index is 849. The molecule has 0 saturated carbocycles. The van der Waals surface area contributed by atoms with E-state index in [1.165, 1.54) is 0 Å². The molecule has 1 amide bonds. The van der Waals surface area contributed by atoms with Crippen LogP contribution < -0.4 is 5.32 Å². The number of benzene rings is 1. The number of carboxylic acids is 1. The first-order valence-corrected chi connectivity index (χ1v) is 8.53. The SMILES string of the molecule is COC(=O)C(C(=O)OC)[C@@H](C)[C@H](NC(=O)c1cc(C(F)(F)F)cc(C(F)(F)F)c1)C(=O)O. The Balaban J connectivity index is 3.41. The number of ether oxygens (including phenoxy) is 2. The summed E-state index contributed by atoms with van der Waals surface area (Å²) in [5.41, 5.74) is -4.72. The fourth-order valence-electron chi connectivity index (χ4n) is 2.70. The molecule has 1 aromatic rings. The molecule has 0 aliphatic heterocycles. The van der Waals surface area contributed by atoms with E-state index in [0.717, 1.165) is 21.1 Å². The second-order valence-corrected chi connectivity index (χ2v) is 6.47.